The normalized spacial score (nSPS) is 16.9. The molecule has 0 bridgehead atoms. The zero-order valence-corrected chi connectivity index (χ0v) is 24.6. The standard InChI is InChI=1S/C30H33ClF3N7O2/c1-19-3-4-20(26(42)37-21-5-6-22(23(31)18-21)30(32,33)34)17-24(19)38-27(43)29(8-9-29)25-7-10-35-28(39-25)36-11-12-41-15-13-40(2)14-16-41/h3-7,10,17-18H,8-9,11-16H2,1-2H3,(H,37,42)(H,38,43)(H,35,36,39). The van der Waals surface area contributed by atoms with Gasteiger partial charge in [-0.2, -0.15) is 13.2 Å². The van der Waals surface area contributed by atoms with E-state index < -0.39 is 28.1 Å². The van der Waals surface area contributed by atoms with Gasteiger partial charge in [-0.05, 0) is 68.8 Å². The first-order valence-electron chi connectivity index (χ1n) is 14.0. The van der Waals surface area contributed by atoms with E-state index in [4.69, 9.17) is 11.6 Å². The zero-order chi connectivity index (χ0) is 30.8. The fourth-order valence-corrected chi connectivity index (χ4v) is 5.29. The van der Waals surface area contributed by atoms with Gasteiger partial charge in [-0.1, -0.05) is 17.7 Å². The molecule has 1 saturated heterocycles. The maximum Gasteiger partial charge on any atom is 0.417 e. The van der Waals surface area contributed by atoms with E-state index >= 15 is 0 Å². The Bertz CT molecular complexity index is 1510. The van der Waals surface area contributed by atoms with Gasteiger partial charge in [0, 0.05) is 62.4 Å². The van der Waals surface area contributed by atoms with Crippen LogP contribution in [0, 0.1) is 6.92 Å². The minimum atomic E-state index is -4.60. The number of halogens is 4. The lowest BCUT2D eigenvalue weighted by Gasteiger charge is -2.32. The average molecular weight is 616 g/mol. The van der Waals surface area contributed by atoms with Gasteiger partial charge >= 0.3 is 6.18 Å². The van der Waals surface area contributed by atoms with Crippen LogP contribution >= 0.6 is 11.6 Å². The van der Waals surface area contributed by atoms with Gasteiger partial charge in [0.05, 0.1) is 21.7 Å². The van der Waals surface area contributed by atoms with E-state index in [0.717, 1.165) is 56.5 Å². The molecular formula is C30H33ClF3N7O2. The molecule has 9 nitrogen and oxygen atoms in total. The molecule has 2 fully saturated rings. The van der Waals surface area contributed by atoms with Gasteiger partial charge < -0.3 is 20.9 Å². The molecule has 1 aliphatic heterocycles. The van der Waals surface area contributed by atoms with Crippen LogP contribution in [-0.4, -0.2) is 77.9 Å². The second kappa shape index (κ2) is 12.5. The molecule has 13 heteroatoms. The Morgan fingerprint density at radius 3 is 2.44 bits per heavy atom. The van der Waals surface area contributed by atoms with Gasteiger partial charge in [0.1, 0.15) is 0 Å². The number of benzene rings is 2. The predicted molar refractivity (Wildman–Crippen MR) is 160 cm³/mol. The molecule has 228 valence electrons. The number of hydrogen-bond donors (Lipinski definition) is 3. The van der Waals surface area contributed by atoms with Crippen molar-refractivity contribution in [2.24, 2.45) is 0 Å². The molecule has 5 rings (SSSR count). The number of nitrogens with one attached hydrogen (secondary N) is 3. The number of rotatable bonds is 9. The molecule has 1 aromatic heterocycles. The summed E-state index contributed by atoms with van der Waals surface area (Å²) >= 11 is 5.78. The molecule has 2 heterocycles. The summed E-state index contributed by atoms with van der Waals surface area (Å²) in [6.07, 6.45) is -1.69. The predicted octanol–water partition coefficient (Wildman–Crippen LogP) is 5.04. The monoisotopic (exact) mass is 615 g/mol. The summed E-state index contributed by atoms with van der Waals surface area (Å²) in [5, 5.41) is 8.27. The molecule has 2 aromatic carbocycles. The van der Waals surface area contributed by atoms with E-state index in [-0.39, 0.29) is 17.2 Å². The van der Waals surface area contributed by atoms with Gasteiger partial charge in [0.2, 0.25) is 11.9 Å². The quantitative estimate of drug-likeness (QED) is 0.310. The second-order valence-electron chi connectivity index (χ2n) is 11.0. The Kier molecular flexibility index (Phi) is 8.91. The van der Waals surface area contributed by atoms with Crippen molar-refractivity contribution >= 4 is 40.7 Å². The molecule has 2 aliphatic rings. The Morgan fingerprint density at radius 2 is 1.77 bits per heavy atom. The van der Waals surface area contributed by atoms with E-state index in [1.807, 2.05) is 0 Å². The van der Waals surface area contributed by atoms with E-state index in [2.05, 4.69) is 42.8 Å². The van der Waals surface area contributed by atoms with E-state index in [1.165, 1.54) is 6.07 Å². The SMILES string of the molecule is Cc1ccc(C(=O)Nc2ccc(C(F)(F)F)c(Cl)c2)cc1NC(=O)C1(c2ccnc(NCCN3CCN(C)CC3)n2)CC1. The number of nitrogens with zero attached hydrogens (tertiary/aromatic N) is 4. The Balaban J connectivity index is 1.22. The van der Waals surface area contributed by atoms with Crippen molar-refractivity contribution in [3.05, 3.63) is 76.1 Å². The van der Waals surface area contributed by atoms with Crippen LogP contribution in [0.2, 0.25) is 5.02 Å². The first-order valence-corrected chi connectivity index (χ1v) is 14.4. The molecule has 0 spiro atoms. The maximum atomic E-state index is 13.5. The van der Waals surface area contributed by atoms with Crippen LogP contribution in [0.15, 0.2) is 48.7 Å². The molecule has 3 aromatic rings. The van der Waals surface area contributed by atoms with E-state index in [9.17, 15) is 22.8 Å². The molecule has 1 aliphatic carbocycles. The molecule has 1 saturated carbocycles. The summed E-state index contributed by atoms with van der Waals surface area (Å²) in [6, 6.07) is 9.56. The van der Waals surface area contributed by atoms with E-state index in [1.54, 1.807) is 31.3 Å². The average Bonchev–Trinajstić information content (AvgIpc) is 3.77. The van der Waals surface area contributed by atoms with Crippen molar-refractivity contribution in [2.45, 2.75) is 31.4 Å². The minimum absolute atomic E-state index is 0.114. The smallest absolute Gasteiger partial charge is 0.353 e. The minimum Gasteiger partial charge on any atom is -0.353 e. The highest BCUT2D eigenvalue weighted by atomic mass is 35.5. The van der Waals surface area contributed by atoms with Gasteiger partial charge in [-0.25, -0.2) is 9.97 Å². The van der Waals surface area contributed by atoms with Crippen molar-refractivity contribution in [3.63, 3.8) is 0 Å². The fourth-order valence-electron chi connectivity index (χ4n) is 5.00. The maximum absolute atomic E-state index is 13.5. The largest absolute Gasteiger partial charge is 0.417 e. The molecular weight excluding hydrogens is 583 g/mol. The van der Waals surface area contributed by atoms with Gasteiger partial charge in [-0.15, -0.1) is 0 Å². The third-order valence-electron chi connectivity index (χ3n) is 7.92. The van der Waals surface area contributed by atoms with Crippen LogP contribution in [0.25, 0.3) is 0 Å². The number of piperazine rings is 1. The highest BCUT2D eigenvalue weighted by Gasteiger charge is 2.53. The first-order chi connectivity index (χ1) is 20.4. The number of aromatic nitrogens is 2. The fraction of sp³-hybridized carbons (Fsp3) is 0.400. The molecule has 0 radical (unpaired) electrons. The van der Waals surface area contributed by atoms with Crippen LogP contribution in [0.1, 0.15) is 40.0 Å². The van der Waals surface area contributed by atoms with Crippen LogP contribution in [-0.2, 0) is 16.4 Å². The second-order valence-corrected chi connectivity index (χ2v) is 11.5. The molecule has 2 amide bonds. The molecule has 0 unspecified atom stereocenters. The highest BCUT2D eigenvalue weighted by Crippen LogP contribution is 2.48. The molecule has 43 heavy (non-hydrogen) atoms. The van der Waals surface area contributed by atoms with Crippen molar-refractivity contribution in [1.82, 2.24) is 19.8 Å². The van der Waals surface area contributed by atoms with Crippen LogP contribution in [0.3, 0.4) is 0 Å². The first kappa shape index (κ1) is 30.7. The number of likely N-dealkylation sites (N-methyl/N-ethyl adjacent to an activating group) is 1. The number of hydrogen-bond acceptors (Lipinski definition) is 7. The topological polar surface area (TPSA) is 102 Å². The summed E-state index contributed by atoms with van der Waals surface area (Å²) in [4.78, 5) is 40.1. The summed E-state index contributed by atoms with van der Waals surface area (Å²) in [5.74, 6) is -0.316. The third kappa shape index (κ3) is 7.26. The van der Waals surface area contributed by atoms with Crippen molar-refractivity contribution in [1.29, 1.82) is 0 Å². The third-order valence-corrected chi connectivity index (χ3v) is 8.23. The number of anilines is 3. The Hall–Kier alpha value is -3.74. The zero-order valence-electron chi connectivity index (χ0n) is 23.9. The highest BCUT2D eigenvalue weighted by molar-refractivity contribution is 6.31. The lowest BCUT2D eigenvalue weighted by Crippen LogP contribution is -2.45. The van der Waals surface area contributed by atoms with Gasteiger partial charge in [0.15, 0.2) is 0 Å². The van der Waals surface area contributed by atoms with Gasteiger partial charge in [-0.3, -0.25) is 14.5 Å². The number of carbonyl (C=O) groups excluding carboxylic acids is 2. The number of amides is 2. The molecule has 0 atom stereocenters. The van der Waals surface area contributed by atoms with Crippen molar-refractivity contribution in [3.8, 4) is 0 Å². The molecule has 3 N–H and O–H groups in total. The Morgan fingerprint density at radius 1 is 1.02 bits per heavy atom. The summed E-state index contributed by atoms with van der Waals surface area (Å²) < 4.78 is 39.0. The lowest BCUT2D eigenvalue weighted by atomic mass is 10.00. The van der Waals surface area contributed by atoms with E-state index in [0.29, 0.717) is 36.7 Å². The number of carbonyl (C=O) groups is 2. The number of alkyl halides is 3. The summed E-state index contributed by atoms with van der Waals surface area (Å²) in [6.45, 7) is 7.51. The summed E-state index contributed by atoms with van der Waals surface area (Å²) in [5.41, 5.74) is 0.379. The van der Waals surface area contributed by atoms with Crippen LogP contribution in [0.4, 0.5) is 30.5 Å². The Labute approximate surface area is 252 Å². The lowest BCUT2D eigenvalue weighted by molar-refractivity contribution is -0.137. The van der Waals surface area contributed by atoms with Crippen LogP contribution in [0.5, 0.6) is 0 Å². The summed E-state index contributed by atoms with van der Waals surface area (Å²) in [7, 11) is 2.12. The van der Waals surface area contributed by atoms with Crippen molar-refractivity contribution in [2.75, 3.05) is 62.3 Å². The van der Waals surface area contributed by atoms with Crippen molar-refractivity contribution < 1.29 is 22.8 Å². The van der Waals surface area contributed by atoms with Gasteiger partial charge in [0.25, 0.3) is 5.91 Å². The van der Waals surface area contributed by atoms with Crippen LogP contribution < -0.4 is 16.0 Å². The number of aryl methyl sites for hydroxylation is 1.